The van der Waals surface area contributed by atoms with E-state index in [1.54, 1.807) is 12.1 Å². The Morgan fingerprint density at radius 3 is 2.56 bits per heavy atom. The number of nitrogens with one attached hydrogen (secondary N) is 1. The minimum Gasteiger partial charge on any atom is -0.311 e. The highest BCUT2D eigenvalue weighted by molar-refractivity contribution is 5.53. The first-order chi connectivity index (χ1) is 7.63. The van der Waals surface area contributed by atoms with Gasteiger partial charge in [0.05, 0.1) is 0 Å². The molecule has 0 radical (unpaired) electrons. The third kappa shape index (κ3) is 4.15. The van der Waals surface area contributed by atoms with E-state index < -0.39 is 0 Å². The number of hydrogen-bond acceptors (Lipinski definition) is 1. The fourth-order valence-electron chi connectivity index (χ4n) is 1.47. The highest BCUT2D eigenvalue weighted by Crippen LogP contribution is 2.10. The van der Waals surface area contributed by atoms with Crippen LogP contribution >= 0.6 is 0 Å². The molecule has 1 aromatic rings. The molecule has 0 aliphatic heterocycles. The Hall–Kier alpha value is -1.15. The summed E-state index contributed by atoms with van der Waals surface area (Å²) in [6.45, 7) is 7.41. The Balaban J connectivity index is 2.64. The van der Waals surface area contributed by atoms with Gasteiger partial charge in [-0.15, -0.1) is 0 Å². The monoisotopic (exact) mass is 221 g/mol. The lowest BCUT2D eigenvalue weighted by Gasteiger charge is -2.13. The van der Waals surface area contributed by atoms with Gasteiger partial charge in [-0.05, 0) is 44.5 Å². The summed E-state index contributed by atoms with van der Waals surface area (Å²) >= 11 is 0. The average Bonchev–Trinajstić information content (AvgIpc) is 2.29. The maximum Gasteiger partial charge on any atom is 0.123 e. The second kappa shape index (κ2) is 6.44. The molecule has 1 N–H and O–H groups in total. The number of benzene rings is 1. The molecule has 0 saturated heterocycles. The molecule has 0 aromatic heterocycles. The summed E-state index contributed by atoms with van der Waals surface area (Å²) < 4.78 is 12.7. The Morgan fingerprint density at radius 2 is 2.00 bits per heavy atom. The van der Waals surface area contributed by atoms with Crippen molar-refractivity contribution in [2.24, 2.45) is 0 Å². The average molecular weight is 221 g/mol. The van der Waals surface area contributed by atoms with Crippen molar-refractivity contribution in [2.75, 3.05) is 6.54 Å². The molecule has 0 fully saturated rings. The fraction of sp³-hybridized carbons (Fsp3) is 0.429. The van der Waals surface area contributed by atoms with Crippen molar-refractivity contribution in [2.45, 2.75) is 33.2 Å². The third-order valence-electron chi connectivity index (χ3n) is 2.65. The Bertz CT molecular complexity index is 340. The van der Waals surface area contributed by atoms with Gasteiger partial charge < -0.3 is 5.32 Å². The predicted molar refractivity (Wildman–Crippen MR) is 67.8 cm³/mol. The second-order valence-corrected chi connectivity index (χ2v) is 4.12. The van der Waals surface area contributed by atoms with Gasteiger partial charge in [0, 0.05) is 6.04 Å². The van der Waals surface area contributed by atoms with Crippen LogP contribution in [0.15, 0.2) is 29.8 Å². The molecular formula is C14H20FN. The van der Waals surface area contributed by atoms with E-state index in [0.717, 1.165) is 18.5 Å². The van der Waals surface area contributed by atoms with Crippen molar-refractivity contribution in [1.82, 2.24) is 5.32 Å². The van der Waals surface area contributed by atoms with Gasteiger partial charge in [-0.2, -0.15) is 0 Å². The molecule has 1 atom stereocenters. The quantitative estimate of drug-likeness (QED) is 0.800. The van der Waals surface area contributed by atoms with Gasteiger partial charge in [0.1, 0.15) is 5.82 Å². The maximum atomic E-state index is 12.7. The Morgan fingerprint density at radius 1 is 1.38 bits per heavy atom. The lowest BCUT2D eigenvalue weighted by molar-refractivity contribution is 0.604. The first-order valence-corrected chi connectivity index (χ1v) is 5.80. The van der Waals surface area contributed by atoms with Gasteiger partial charge in [-0.3, -0.25) is 0 Å². The van der Waals surface area contributed by atoms with Gasteiger partial charge in [-0.25, -0.2) is 4.39 Å². The molecule has 0 saturated carbocycles. The van der Waals surface area contributed by atoms with Gasteiger partial charge in [0.15, 0.2) is 0 Å². The molecule has 16 heavy (non-hydrogen) atoms. The summed E-state index contributed by atoms with van der Waals surface area (Å²) in [4.78, 5) is 0. The van der Waals surface area contributed by atoms with Gasteiger partial charge >= 0.3 is 0 Å². The summed E-state index contributed by atoms with van der Waals surface area (Å²) in [5, 5.41) is 3.42. The normalized spacial score (nSPS) is 13.9. The highest BCUT2D eigenvalue weighted by Gasteiger charge is 2.02. The lowest BCUT2D eigenvalue weighted by atomic mass is 10.1. The van der Waals surface area contributed by atoms with Crippen LogP contribution in [-0.4, -0.2) is 12.6 Å². The minimum absolute atomic E-state index is 0.188. The van der Waals surface area contributed by atoms with Crippen LogP contribution in [0, 0.1) is 5.82 Å². The van der Waals surface area contributed by atoms with Gasteiger partial charge in [0.25, 0.3) is 0 Å². The zero-order valence-electron chi connectivity index (χ0n) is 10.3. The van der Waals surface area contributed by atoms with Crippen LogP contribution in [0.5, 0.6) is 0 Å². The first kappa shape index (κ1) is 12.9. The van der Waals surface area contributed by atoms with E-state index in [2.05, 4.69) is 32.2 Å². The fourth-order valence-corrected chi connectivity index (χ4v) is 1.47. The summed E-state index contributed by atoms with van der Waals surface area (Å²) in [5.74, 6) is -0.188. The smallest absolute Gasteiger partial charge is 0.123 e. The summed E-state index contributed by atoms with van der Waals surface area (Å²) in [5.41, 5.74) is 2.31. The van der Waals surface area contributed by atoms with Gasteiger partial charge in [-0.1, -0.05) is 30.7 Å². The minimum atomic E-state index is -0.188. The van der Waals surface area contributed by atoms with Crippen molar-refractivity contribution in [1.29, 1.82) is 0 Å². The maximum absolute atomic E-state index is 12.7. The van der Waals surface area contributed by atoms with Crippen molar-refractivity contribution in [3.8, 4) is 0 Å². The number of hydrogen-bond donors (Lipinski definition) is 1. The molecule has 1 nitrogen and oxygen atoms in total. The number of rotatable bonds is 5. The van der Waals surface area contributed by atoms with Crippen molar-refractivity contribution < 1.29 is 4.39 Å². The summed E-state index contributed by atoms with van der Waals surface area (Å²) in [7, 11) is 0. The van der Waals surface area contributed by atoms with E-state index in [1.165, 1.54) is 17.7 Å². The molecule has 0 aliphatic carbocycles. The second-order valence-electron chi connectivity index (χ2n) is 4.12. The van der Waals surface area contributed by atoms with Crippen LogP contribution < -0.4 is 5.32 Å². The lowest BCUT2D eigenvalue weighted by Crippen LogP contribution is -2.27. The third-order valence-corrected chi connectivity index (χ3v) is 2.65. The largest absolute Gasteiger partial charge is 0.311 e. The molecule has 1 aromatic carbocycles. The first-order valence-electron chi connectivity index (χ1n) is 5.80. The van der Waals surface area contributed by atoms with Crippen molar-refractivity contribution >= 4 is 6.08 Å². The van der Waals surface area contributed by atoms with Gasteiger partial charge in [0.2, 0.25) is 0 Å². The molecule has 0 spiro atoms. The predicted octanol–water partition coefficient (Wildman–Crippen LogP) is 3.62. The summed E-state index contributed by atoms with van der Waals surface area (Å²) in [6, 6.07) is 6.94. The molecule has 0 bridgehead atoms. The van der Waals surface area contributed by atoms with E-state index >= 15 is 0 Å². The Labute approximate surface area is 97.4 Å². The summed E-state index contributed by atoms with van der Waals surface area (Å²) in [6.07, 6.45) is 3.22. The van der Waals surface area contributed by atoms with E-state index in [-0.39, 0.29) is 5.82 Å². The Kier molecular flexibility index (Phi) is 5.20. The van der Waals surface area contributed by atoms with Crippen LogP contribution in [0.4, 0.5) is 4.39 Å². The molecule has 0 aliphatic rings. The highest BCUT2D eigenvalue weighted by atomic mass is 19.1. The van der Waals surface area contributed by atoms with E-state index in [9.17, 15) is 4.39 Å². The number of halogens is 1. The molecule has 1 unspecified atom stereocenters. The zero-order valence-corrected chi connectivity index (χ0v) is 10.3. The van der Waals surface area contributed by atoms with Crippen LogP contribution in [0.1, 0.15) is 32.8 Å². The molecule has 1 rings (SSSR count). The molecule has 0 amide bonds. The van der Waals surface area contributed by atoms with Crippen LogP contribution in [0.2, 0.25) is 0 Å². The van der Waals surface area contributed by atoms with Crippen LogP contribution in [-0.2, 0) is 0 Å². The van der Waals surface area contributed by atoms with Crippen molar-refractivity contribution in [3.63, 3.8) is 0 Å². The van der Waals surface area contributed by atoms with Crippen molar-refractivity contribution in [3.05, 3.63) is 41.2 Å². The zero-order chi connectivity index (χ0) is 12.0. The molecular weight excluding hydrogens is 201 g/mol. The SMILES string of the molecule is CCCNC(C)/C(C)=C/c1ccc(F)cc1. The van der Waals surface area contributed by atoms with Crippen LogP contribution in [0.25, 0.3) is 6.08 Å². The molecule has 0 heterocycles. The molecule has 88 valence electrons. The van der Waals surface area contributed by atoms with Crippen LogP contribution in [0.3, 0.4) is 0 Å². The topological polar surface area (TPSA) is 12.0 Å². The van der Waals surface area contributed by atoms with E-state index in [4.69, 9.17) is 0 Å². The van der Waals surface area contributed by atoms with E-state index in [0.29, 0.717) is 6.04 Å². The standard InChI is InChI=1S/C14H20FN/c1-4-9-16-12(3)11(2)10-13-5-7-14(15)8-6-13/h5-8,10,12,16H,4,9H2,1-3H3/b11-10+. The molecule has 2 heteroatoms. The van der Waals surface area contributed by atoms with E-state index in [1.807, 2.05) is 0 Å².